The molecule has 2 aliphatic heterocycles. The normalized spacial score (nSPS) is 25.8. The van der Waals surface area contributed by atoms with E-state index in [1.807, 2.05) is 0 Å². The van der Waals surface area contributed by atoms with Gasteiger partial charge in [0.2, 0.25) is 0 Å². The zero-order valence-corrected chi connectivity index (χ0v) is 16.3. The number of imidazole rings is 1. The number of alkyl halides is 1. The van der Waals surface area contributed by atoms with E-state index >= 15 is 0 Å². The number of nitrogens with one attached hydrogen (secondary N) is 1. The van der Waals surface area contributed by atoms with E-state index in [2.05, 4.69) is 37.0 Å². The summed E-state index contributed by atoms with van der Waals surface area (Å²) in [6.45, 7) is 4.11. The first-order valence-electron chi connectivity index (χ1n) is 10.1. The Morgan fingerprint density at radius 3 is 2.87 bits per heavy atom. The number of hydrogen-bond acceptors (Lipinski definition) is 7. The molecule has 3 aromatic rings. The highest BCUT2D eigenvalue weighted by Crippen LogP contribution is 2.38. The van der Waals surface area contributed by atoms with Crippen molar-refractivity contribution in [3.63, 3.8) is 0 Å². The fourth-order valence-electron chi connectivity index (χ4n) is 4.42. The average Bonchev–Trinajstić information content (AvgIpc) is 3.31. The average molecular weight is 407 g/mol. The molecule has 2 bridgehead atoms. The molecule has 154 valence electrons. The first kappa shape index (κ1) is 18.8. The summed E-state index contributed by atoms with van der Waals surface area (Å²) in [6, 6.07) is 1.72. The predicted octanol–water partition coefficient (Wildman–Crippen LogP) is 2.71. The third kappa shape index (κ3) is 3.35. The van der Waals surface area contributed by atoms with E-state index in [1.165, 1.54) is 12.3 Å². The van der Waals surface area contributed by atoms with Crippen LogP contribution in [0.5, 0.6) is 5.75 Å². The van der Waals surface area contributed by atoms with Crippen LogP contribution in [0, 0.1) is 5.92 Å². The molecule has 2 aliphatic rings. The highest BCUT2D eigenvalue weighted by atomic mass is 19.1. The van der Waals surface area contributed by atoms with Crippen LogP contribution in [-0.2, 0) is 0 Å². The van der Waals surface area contributed by atoms with Crippen LogP contribution in [0.4, 0.5) is 4.39 Å². The molecule has 0 amide bonds. The molecule has 2 unspecified atom stereocenters. The van der Waals surface area contributed by atoms with Crippen LogP contribution < -0.4 is 5.32 Å². The molecular weight excluding hydrogens is 385 g/mol. The molecule has 4 atom stereocenters. The van der Waals surface area contributed by atoms with Gasteiger partial charge in [0.15, 0.2) is 5.82 Å². The third-order valence-electron chi connectivity index (χ3n) is 6.04. The zero-order chi connectivity index (χ0) is 20.7. The van der Waals surface area contributed by atoms with Crippen molar-refractivity contribution >= 4 is 5.57 Å². The molecule has 0 spiro atoms. The SMILES string of the molecule is C=C(c1cnc(-c2cnc(-n3ccnc3)cc2O)nn1)[C@@H]1CC2CCCC(N2)[C@H]1F. The third-order valence-corrected chi connectivity index (χ3v) is 6.04. The van der Waals surface area contributed by atoms with Crippen molar-refractivity contribution < 1.29 is 9.50 Å². The van der Waals surface area contributed by atoms with Crippen LogP contribution in [0.3, 0.4) is 0 Å². The highest BCUT2D eigenvalue weighted by molar-refractivity contribution is 5.66. The van der Waals surface area contributed by atoms with E-state index in [1.54, 1.807) is 29.5 Å². The summed E-state index contributed by atoms with van der Waals surface area (Å²) in [5.41, 5.74) is 1.47. The van der Waals surface area contributed by atoms with Gasteiger partial charge in [-0.3, -0.25) is 4.57 Å². The fourth-order valence-corrected chi connectivity index (χ4v) is 4.42. The van der Waals surface area contributed by atoms with Gasteiger partial charge in [0.05, 0.1) is 11.8 Å². The predicted molar refractivity (Wildman–Crippen MR) is 108 cm³/mol. The molecule has 9 heteroatoms. The monoisotopic (exact) mass is 407 g/mol. The minimum atomic E-state index is -0.987. The van der Waals surface area contributed by atoms with E-state index in [0.717, 1.165) is 19.3 Å². The molecule has 8 nitrogen and oxygen atoms in total. The Bertz CT molecular complexity index is 1050. The van der Waals surface area contributed by atoms with Crippen LogP contribution in [0.25, 0.3) is 22.8 Å². The number of pyridine rings is 1. The van der Waals surface area contributed by atoms with Crippen LogP contribution in [0.1, 0.15) is 31.4 Å². The van der Waals surface area contributed by atoms with Crippen LogP contribution in [-0.4, -0.2) is 53.1 Å². The summed E-state index contributed by atoms with van der Waals surface area (Å²) >= 11 is 0. The summed E-state index contributed by atoms with van der Waals surface area (Å²) in [6.07, 6.45) is 10.7. The van der Waals surface area contributed by atoms with Gasteiger partial charge in [-0.15, -0.1) is 10.2 Å². The largest absolute Gasteiger partial charge is 0.507 e. The number of aromatic nitrogens is 6. The van der Waals surface area contributed by atoms with E-state index < -0.39 is 6.17 Å². The molecule has 5 heterocycles. The van der Waals surface area contributed by atoms with E-state index in [-0.39, 0.29) is 23.5 Å². The van der Waals surface area contributed by atoms with Crippen LogP contribution >= 0.6 is 0 Å². The summed E-state index contributed by atoms with van der Waals surface area (Å²) in [4.78, 5) is 12.6. The van der Waals surface area contributed by atoms with Gasteiger partial charge in [-0.1, -0.05) is 13.0 Å². The first-order valence-corrected chi connectivity index (χ1v) is 10.1. The lowest BCUT2D eigenvalue weighted by molar-refractivity contribution is 0.0982. The molecule has 3 aromatic heterocycles. The summed E-state index contributed by atoms with van der Waals surface area (Å²) in [5.74, 6) is 0.468. The van der Waals surface area contributed by atoms with Crippen LogP contribution in [0.2, 0.25) is 0 Å². The molecule has 5 rings (SSSR count). The van der Waals surface area contributed by atoms with Gasteiger partial charge in [0, 0.05) is 42.7 Å². The van der Waals surface area contributed by atoms with Crippen molar-refractivity contribution in [3.8, 4) is 23.0 Å². The van der Waals surface area contributed by atoms with Crippen molar-refractivity contribution in [2.75, 3.05) is 0 Å². The zero-order valence-electron chi connectivity index (χ0n) is 16.3. The molecule has 0 saturated carbocycles. The molecular formula is C21H22FN7O. The number of fused-ring (bicyclic) bond motifs is 2. The Labute approximate surface area is 172 Å². The van der Waals surface area contributed by atoms with Gasteiger partial charge in [0.1, 0.15) is 29.8 Å². The van der Waals surface area contributed by atoms with Gasteiger partial charge in [-0.25, -0.2) is 19.3 Å². The Morgan fingerprint density at radius 1 is 1.23 bits per heavy atom. The van der Waals surface area contributed by atoms with E-state index in [9.17, 15) is 9.50 Å². The minimum Gasteiger partial charge on any atom is -0.507 e. The minimum absolute atomic E-state index is 0.0166. The molecule has 2 N–H and O–H groups in total. The second kappa shape index (κ2) is 7.56. The summed E-state index contributed by atoms with van der Waals surface area (Å²) in [7, 11) is 0. The van der Waals surface area contributed by atoms with Crippen molar-refractivity contribution in [3.05, 3.63) is 49.5 Å². The number of nitrogens with zero attached hydrogens (tertiary/aromatic N) is 6. The lowest BCUT2D eigenvalue weighted by Crippen LogP contribution is -2.55. The Kier molecular flexibility index (Phi) is 4.74. The maximum atomic E-state index is 15.0. The molecule has 0 aliphatic carbocycles. The lowest BCUT2D eigenvalue weighted by Gasteiger charge is -2.43. The van der Waals surface area contributed by atoms with Gasteiger partial charge in [0.25, 0.3) is 0 Å². The molecule has 2 fully saturated rings. The van der Waals surface area contributed by atoms with Gasteiger partial charge >= 0.3 is 0 Å². The quantitative estimate of drug-likeness (QED) is 0.686. The van der Waals surface area contributed by atoms with Crippen molar-refractivity contribution in [2.45, 2.75) is 43.9 Å². The van der Waals surface area contributed by atoms with E-state index in [0.29, 0.717) is 35.1 Å². The number of aromatic hydroxyl groups is 1. The second-order valence-corrected chi connectivity index (χ2v) is 7.91. The number of hydrogen-bond donors (Lipinski definition) is 2. The maximum absolute atomic E-state index is 15.0. The van der Waals surface area contributed by atoms with Gasteiger partial charge in [-0.2, -0.15) is 0 Å². The smallest absolute Gasteiger partial charge is 0.187 e. The number of piperidine rings is 2. The van der Waals surface area contributed by atoms with Crippen molar-refractivity contribution in [1.29, 1.82) is 0 Å². The summed E-state index contributed by atoms with van der Waals surface area (Å²) in [5, 5.41) is 22.1. The second-order valence-electron chi connectivity index (χ2n) is 7.91. The van der Waals surface area contributed by atoms with Crippen molar-refractivity contribution in [2.24, 2.45) is 5.92 Å². The fraction of sp³-hybridized carbons (Fsp3) is 0.381. The molecule has 0 radical (unpaired) electrons. The molecule has 30 heavy (non-hydrogen) atoms. The number of allylic oxidation sites excluding steroid dienone is 1. The summed E-state index contributed by atoms with van der Waals surface area (Å²) < 4.78 is 16.6. The van der Waals surface area contributed by atoms with Gasteiger partial charge < -0.3 is 10.4 Å². The Hall–Kier alpha value is -3.20. The van der Waals surface area contributed by atoms with Crippen molar-refractivity contribution in [1.82, 2.24) is 35.0 Å². The molecule has 0 aromatic carbocycles. The molecule has 2 saturated heterocycles. The first-order chi connectivity index (χ1) is 14.6. The van der Waals surface area contributed by atoms with E-state index in [4.69, 9.17) is 0 Å². The lowest BCUT2D eigenvalue weighted by atomic mass is 9.75. The maximum Gasteiger partial charge on any atom is 0.187 e. The van der Waals surface area contributed by atoms with Gasteiger partial charge in [-0.05, 0) is 24.8 Å². The number of halogens is 1. The Morgan fingerprint density at radius 2 is 2.13 bits per heavy atom. The highest BCUT2D eigenvalue weighted by Gasteiger charge is 2.41. The topological polar surface area (TPSA) is 102 Å². The standard InChI is InChI=1S/C21H22FN7O/c1-12(14-7-13-3-2-4-16(26-13)20(14)22)17-10-25-21(28-27-17)15-9-24-19(8-18(15)30)29-6-5-23-11-29/h5-6,8-11,13-14,16,20,26H,1-4,7H2,(H,24,30)/t13?,14-,16?,20-/m0/s1. The Balaban J connectivity index is 1.36. The number of rotatable bonds is 4. The van der Waals surface area contributed by atoms with Crippen LogP contribution in [0.15, 0.2) is 43.8 Å².